The summed E-state index contributed by atoms with van der Waals surface area (Å²) in [5.74, 6) is 1.55. The summed E-state index contributed by atoms with van der Waals surface area (Å²) in [7, 11) is 0. The molecule has 2 aromatic rings. The Morgan fingerprint density at radius 1 is 1.27 bits per heavy atom. The number of hydrogen-bond acceptors (Lipinski definition) is 4. The zero-order valence-electron chi connectivity index (χ0n) is 14.6. The maximum Gasteiger partial charge on any atom is 0.261 e. The van der Waals surface area contributed by atoms with Gasteiger partial charge in [-0.2, -0.15) is 0 Å². The normalized spacial score (nSPS) is 21.0. The Hall–Kier alpha value is -1.98. The minimum absolute atomic E-state index is 0.0625. The summed E-state index contributed by atoms with van der Waals surface area (Å²) >= 11 is 6.02. The molecule has 0 saturated carbocycles. The standard InChI is InChI=1S/C20H23ClN2O3/c21-15-6-7-17-14(11-15)12-19(26-17)20(24)22-13-16(18-5-4-10-25-18)23-8-2-1-3-9-23/h4-7,10-11,16,19H,1-3,8-9,12-13H2,(H,22,24). The number of nitrogens with one attached hydrogen (secondary N) is 1. The molecule has 2 atom stereocenters. The Morgan fingerprint density at radius 2 is 2.12 bits per heavy atom. The summed E-state index contributed by atoms with van der Waals surface area (Å²) in [6, 6.07) is 9.41. The largest absolute Gasteiger partial charge is 0.480 e. The summed E-state index contributed by atoms with van der Waals surface area (Å²) in [5, 5.41) is 3.72. The van der Waals surface area contributed by atoms with Crippen molar-refractivity contribution in [2.75, 3.05) is 19.6 Å². The van der Waals surface area contributed by atoms with Gasteiger partial charge in [0.2, 0.25) is 0 Å². The molecule has 0 radical (unpaired) electrons. The average molecular weight is 375 g/mol. The lowest BCUT2D eigenvalue weighted by atomic mass is 10.1. The highest BCUT2D eigenvalue weighted by atomic mass is 35.5. The third-order valence-electron chi connectivity index (χ3n) is 5.16. The zero-order valence-corrected chi connectivity index (χ0v) is 15.4. The molecule has 1 N–H and O–H groups in total. The van der Waals surface area contributed by atoms with Gasteiger partial charge >= 0.3 is 0 Å². The van der Waals surface area contributed by atoms with Crippen molar-refractivity contribution in [3.63, 3.8) is 0 Å². The summed E-state index contributed by atoms with van der Waals surface area (Å²) in [6.45, 7) is 2.58. The lowest BCUT2D eigenvalue weighted by Crippen LogP contribution is -2.44. The van der Waals surface area contributed by atoms with Gasteiger partial charge in [-0.1, -0.05) is 18.0 Å². The van der Waals surface area contributed by atoms with Crippen molar-refractivity contribution in [2.45, 2.75) is 37.8 Å². The minimum Gasteiger partial charge on any atom is -0.480 e. The smallest absolute Gasteiger partial charge is 0.261 e. The highest BCUT2D eigenvalue weighted by molar-refractivity contribution is 6.30. The highest BCUT2D eigenvalue weighted by Gasteiger charge is 2.31. The molecule has 0 spiro atoms. The molecule has 4 rings (SSSR count). The lowest BCUT2D eigenvalue weighted by molar-refractivity contribution is -0.127. The van der Waals surface area contributed by atoms with Crippen LogP contribution in [0.5, 0.6) is 5.75 Å². The van der Waals surface area contributed by atoms with Crippen LogP contribution in [-0.2, 0) is 11.2 Å². The molecule has 0 bridgehead atoms. The first-order chi connectivity index (χ1) is 12.7. The van der Waals surface area contributed by atoms with Crippen LogP contribution in [0.1, 0.15) is 36.6 Å². The van der Waals surface area contributed by atoms with Crippen LogP contribution in [0.4, 0.5) is 0 Å². The second kappa shape index (κ2) is 7.72. The fourth-order valence-corrected chi connectivity index (χ4v) is 3.99. The van der Waals surface area contributed by atoms with Crippen LogP contribution >= 0.6 is 11.6 Å². The maximum atomic E-state index is 12.6. The molecule has 1 amide bonds. The van der Waals surface area contributed by atoms with Gasteiger partial charge in [-0.15, -0.1) is 0 Å². The number of ether oxygens (including phenoxy) is 1. The van der Waals surface area contributed by atoms with Crippen molar-refractivity contribution in [2.24, 2.45) is 0 Å². The number of hydrogen-bond donors (Lipinski definition) is 1. The number of piperidine rings is 1. The quantitative estimate of drug-likeness (QED) is 0.869. The number of carbonyl (C=O) groups is 1. The van der Waals surface area contributed by atoms with Crippen LogP contribution in [0.2, 0.25) is 5.02 Å². The molecule has 2 unspecified atom stereocenters. The van der Waals surface area contributed by atoms with Crippen molar-refractivity contribution < 1.29 is 13.9 Å². The molecular weight excluding hydrogens is 352 g/mol. The fourth-order valence-electron chi connectivity index (χ4n) is 3.80. The Kier molecular flexibility index (Phi) is 5.18. The van der Waals surface area contributed by atoms with Crippen molar-refractivity contribution in [1.82, 2.24) is 10.2 Å². The molecule has 1 aromatic carbocycles. The van der Waals surface area contributed by atoms with Crippen LogP contribution in [-0.4, -0.2) is 36.5 Å². The number of nitrogens with zero attached hydrogens (tertiary/aromatic N) is 1. The first kappa shape index (κ1) is 17.4. The molecule has 26 heavy (non-hydrogen) atoms. The Balaban J connectivity index is 1.39. The fraction of sp³-hybridized carbons (Fsp3) is 0.450. The van der Waals surface area contributed by atoms with Crippen LogP contribution in [0, 0.1) is 0 Å². The second-order valence-corrected chi connectivity index (χ2v) is 7.37. The number of amides is 1. The molecule has 1 saturated heterocycles. The highest BCUT2D eigenvalue weighted by Crippen LogP contribution is 2.31. The van der Waals surface area contributed by atoms with Gasteiger partial charge in [-0.05, 0) is 61.8 Å². The van der Waals surface area contributed by atoms with E-state index in [9.17, 15) is 4.79 Å². The number of furan rings is 1. The molecular formula is C20H23ClN2O3. The average Bonchev–Trinajstić information content (AvgIpc) is 3.32. The first-order valence-electron chi connectivity index (χ1n) is 9.21. The monoisotopic (exact) mass is 374 g/mol. The lowest BCUT2D eigenvalue weighted by Gasteiger charge is -2.33. The Labute approximate surface area is 158 Å². The Bertz CT molecular complexity index is 756. The van der Waals surface area contributed by atoms with E-state index in [1.807, 2.05) is 24.3 Å². The van der Waals surface area contributed by atoms with E-state index in [1.54, 1.807) is 12.3 Å². The van der Waals surface area contributed by atoms with Gasteiger partial charge in [-0.3, -0.25) is 9.69 Å². The predicted octanol–water partition coefficient (Wildman–Crippen LogP) is 3.58. The maximum absolute atomic E-state index is 12.6. The van der Waals surface area contributed by atoms with E-state index in [2.05, 4.69) is 10.2 Å². The molecule has 1 fully saturated rings. The van der Waals surface area contributed by atoms with E-state index in [-0.39, 0.29) is 11.9 Å². The zero-order chi connectivity index (χ0) is 17.9. The number of benzene rings is 1. The predicted molar refractivity (Wildman–Crippen MR) is 99.5 cm³/mol. The van der Waals surface area contributed by atoms with E-state index in [0.29, 0.717) is 18.0 Å². The van der Waals surface area contributed by atoms with Gasteiger partial charge in [0.1, 0.15) is 11.5 Å². The first-order valence-corrected chi connectivity index (χ1v) is 9.59. The topological polar surface area (TPSA) is 54.7 Å². The third-order valence-corrected chi connectivity index (χ3v) is 5.40. The summed E-state index contributed by atoms with van der Waals surface area (Å²) < 4.78 is 11.4. The van der Waals surface area contributed by atoms with E-state index in [4.69, 9.17) is 20.8 Å². The van der Waals surface area contributed by atoms with Gasteiger partial charge in [0, 0.05) is 18.0 Å². The SMILES string of the molecule is O=C(NCC(c1ccco1)N1CCCCC1)C1Cc2cc(Cl)ccc2O1. The van der Waals surface area contributed by atoms with E-state index in [1.165, 1.54) is 19.3 Å². The van der Waals surface area contributed by atoms with E-state index >= 15 is 0 Å². The molecule has 138 valence electrons. The van der Waals surface area contributed by atoms with Crippen molar-refractivity contribution in [3.05, 3.63) is 52.9 Å². The number of halogens is 1. The van der Waals surface area contributed by atoms with Crippen molar-refractivity contribution in [3.8, 4) is 5.75 Å². The second-order valence-electron chi connectivity index (χ2n) is 6.94. The van der Waals surface area contributed by atoms with Crippen LogP contribution in [0.3, 0.4) is 0 Å². The van der Waals surface area contributed by atoms with E-state index in [0.717, 1.165) is 30.2 Å². The molecule has 5 nitrogen and oxygen atoms in total. The number of rotatable bonds is 5. The van der Waals surface area contributed by atoms with Crippen LogP contribution in [0.15, 0.2) is 41.0 Å². The molecule has 2 aliphatic rings. The molecule has 3 heterocycles. The van der Waals surface area contributed by atoms with Crippen LogP contribution < -0.4 is 10.1 Å². The molecule has 1 aromatic heterocycles. The number of likely N-dealkylation sites (tertiary alicyclic amines) is 1. The van der Waals surface area contributed by atoms with Gasteiger partial charge in [-0.25, -0.2) is 0 Å². The van der Waals surface area contributed by atoms with Crippen molar-refractivity contribution in [1.29, 1.82) is 0 Å². The molecule has 0 aliphatic carbocycles. The summed E-state index contributed by atoms with van der Waals surface area (Å²) in [4.78, 5) is 15.0. The number of carbonyl (C=O) groups excluding carboxylic acids is 1. The minimum atomic E-state index is -0.498. The summed E-state index contributed by atoms with van der Waals surface area (Å²) in [6.07, 6.45) is 5.39. The molecule has 2 aliphatic heterocycles. The molecule has 6 heteroatoms. The van der Waals surface area contributed by atoms with Gasteiger partial charge in [0.05, 0.1) is 12.3 Å². The van der Waals surface area contributed by atoms with Gasteiger partial charge in [0.15, 0.2) is 6.10 Å². The van der Waals surface area contributed by atoms with Crippen molar-refractivity contribution >= 4 is 17.5 Å². The van der Waals surface area contributed by atoms with Gasteiger partial charge < -0.3 is 14.5 Å². The summed E-state index contributed by atoms with van der Waals surface area (Å²) in [5.41, 5.74) is 0.983. The third kappa shape index (κ3) is 3.74. The van der Waals surface area contributed by atoms with Gasteiger partial charge in [0.25, 0.3) is 5.91 Å². The van der Waals surface area contributed by atoms with E-state index < -0.39 is 6.10 Å². The van der Waals surface area contributed by atoms with Crippen LogP contribution in [0.25, 0.3) is 0 Å². The Morgan fingerprint density at radius 3 is 2.88 bits per heavy atom. The number of fused-ring (bicyclic) bond motifs is 1.